The quantitative estimate of drug-likeness (QED) is 0.685. The minimum absolute atomic E-state index is 0.176. The van der Waals surface area contributed by atoms with Crippen molar-refractivity contribution in [2.45, 2.75) is 76.0 Å². The Balaban J connectivity index is 1.79. The van der Waals surface area contributed by atoms with Crippen LogP contribution in [0.25, 0.3) is 10.8 Å². The Labute approximate surface area is 160 Å². The summed E-state index contributed by atoms with van der Waals surface area (Å²) in [6.07, 6.45) is 12.1. The number of nitrogens with one attached hydrogen (secondary N) is 1. The number of amides is 2. The molecule has 140 valence electrons. The Morgan fingerprint density at radius 2 is 1.41 bits per heavy atom. The third kappa shape index (κ3) is 2.88. The summed E-state index contributed by atoms with van der Waals surface area (Å²) in [5.41, 5.74) is 3.85. The Bertz CT molecular complexity index is 918. The number of imide groups is 1. The highest BCUT2D eigenvalue weighted by molar-refractivity contribution is 6.16. The van der Waals surface area contributed by atoms with E-state index in [0.717, 1.165) is 36.6 Å². The van der Waals surface area contributed by atoms with Crippen LogP contribution in [0.4, 0.5) is 0 Å². The second kappa shape index (κ2) is 6.78. The van der Waals surface area contributed by atoms with Gasteiger partial charge in [-0.05, 0) is 71.6 Å². The van der Waals surface area contributed by atoms with Gasteiger partial charge in [0.15, 0.2) is 0 Å². The molecule has 3 aliphatic heterocycles. The van der Waals surface area contributed by atoms with E-state index < -0.39 is 0 Å². The van der Waals surface area contributed by atoms with E-state index in [1.165, 1.54) is 55.0 Å². The Morgan fingerprint density at radius 1 is 0.741 bits per heavy atom. The largest absolute Gasteiger partial charge is 0.288 e. The molecule has 0 radical (unpaired) electrons. The van der Waals surface area contributed by atoms with Crippen LogP contribution in [0.15, 0.2) is 24.3 Å². The summed E-state index contributed by atoms with van der Waals surface area (Å²) in [7, 11) is 0. The molecule has 2 aliphatic carbocycles. The van der Waals surface area contributed by atoms with Crippen LogP contribution in [-0.2, 0) is 0 Å². The summed E-state index contributed by atoms with van der Waals surface area (Å²) in [5.74, 6) is 0.437. The van der Waals surface area contributed by atoms with Gasteiger partial charge in [-0.3, -0.25) is 14.9 Å². The van der Waals surface area contributed by atoms with E-state index in [9.17, 15) is 9.59 Å². The van der Waals surface area contributed by atoms with Crippen LogP contribution in [0.2, 0.25) is 0 Å². The lowest BCUT2D eigenvalue weighted by Gasteiger charge is -2.30. The van der Waals surface area contributed by atoms with E-state index in [1.54, 1.807) is 0 Å². The van der Waals surface area contributed by atoms with Crippen molar-refractivity contribution in [1.29, 1.82) is 0 Å². The van der Waals surface area contributed by atoms with E-state index in [1.807, 2.05) is 12.1 Å². The van der Waals surface area contributed by atoms with Gasteiger partial charge in [0.25, 0.3) is 11.8 Å². The van der Waals surface area contributed by atoms with Crippen molar-refractivity contribution in [3.63, 3.8) is 0 Å². The molecule has 1 N–H and O–H groups in total. The SMILES string of the molecule is O=C1NC(=O)c2c(C3CCCCC3)cc3cc1ccc3c2C1CCCCC1. The van der Waals surface area contributed by atoms with Crippen molar-refractivity contribution in [1.82, 2.24) is 5.32 Å². The molecule has 0 aromatic heterocycles. The van der Waals surface area contributed by atoms with Crippen molar-refractivity contribution in [2.75, 3.05) is 0 Å². The van der Waals surface area contributed by atoms with E-state index in [-0.39, 0.29) is 11.8 Å². The molecule has 0 spiro atoms. The number of hydrogen-bond acceptors (Lipinski definition) is 2. The maximum absolute atomic E-state index is 13.3. The fourth-order valence-corrected chi connectivity index (χ4v) is 5.64. The number of hydrogen-bond donors (Lipinski definition) is 1. The zero-order valence-corrected chi connectivity index (χ0v) is 15.9. The van der Waals surface area contributed by atoms with Crippen LogP contribution in [-0.4, -0.2) is 11.8 Å². The van der Waals surface area contributed by atoms with E-state index in [4.69, 9.17) is 0 Å². The lowest BCUT2D eigenvalue weighted by Crippen LogP contribution is -2.32. The normalized spacial score (nSPS) is 21.5. The molecule has 5 aliphatic rings. The third-order valence-corrected chi connectivity index (χ3v) is 6.99. The monoisotopic (exact) mass is 361 g/mol. The van der Waals surface area contributed by atoms with Gasteiger partial charge in [-0.15, -0.1) is 0 Å². The Morgan fingerprint density at radius 3 is 2.11 bits per heavy atom. The highest BCUT2D eigenvalue weighted by Crippen LogP contribution is 2.44. The smallest absolute Gasteiger partial charge is 0.258 e. The van der Waals surface area contributed by atoms with Crippen molar-refractivity contribution >= 4 is 22.6 Å². The summed E-state index contributed by atoms with van der Waals surface area (Å²) in [6.45, 7) is 0. The molecule has 4 bridgehead atoms. The van der Waals surface area contributed by atoms with Gasteiger partial charge in [0, 0.05) is 11.1 Å². The molecule has 7 rings (SSSR count). The van der Waals surface area contributed by atoms with Crippen molar-refractivity contribution in [3.05, 3.63) is 46.5 Å². The predicted octanol–water partition coefficient (Wildman–Crippen LogP) is 5.82. The van der Waals surface area contributed by atoms with Crippen LogP contribution in [0.1, 0.15) is 108 Å². The lowest BCUT2D eigenvalue weighted by molar-refractivity contribution is 0.0848. The standard InChI is InChI=1S/C24H27NO2/c26-23-17-11-12-19-18(13-17)14-20(15-7-3-1-4-8-15)22(24(27)25-23)21(19)16-9-5-2-6-10-16/h11-16H,1-10H2,(H,25,26,27). The first-order valence-corrected chi connectivity index (χ1v) is 10.7. The molecule has 0 unspecified atom stereocenters. The van der Waals surface area contributed by atoms with Crippen molar-refractivity contribution < 1.29 is 9.59 Å². The predicted molar refractivity (Wildman–Crippen MR) is 107 cm³/mol. The van der Waals surface area contributed by atoms with Crippen LogP contribution in [0, 0.1) is 0 Å². The second-order valence-electron chi connectivity index (χ2n) is 8.64. The first kappa shape index (κ1) is 17.0. The summed E-state index contributed by atoms with van der Waals surface area (Å²) in [6, 6.07) is 8.19. The second-order valence-corrected chi connectivity index (χ2v) is 8.64. The number of fused-ring (bicyclic) bond motifs is 2. The van der Waals surface area contributed by atoms with E-state index >= 15 is 0 Å². The van der Waals surface area contributed by atoms with E-state index in [2.05, 4.69) is 17.4 Å². The minimum atomic E-state index is -0.270. The van der Waals surface area contributed by atoms with Crippen LogP contribution < -0.4 is 5.32 Å². The first-order valence-electron chi connectivity index (χ1n) is 10.7. The van der Waals surface area contributed by atoms with Crippen molar-refractivity contribution in [2.24, 2.45) is 0 Å². The van der Waals surface area contributed by atoms with Crippen LogP contribution >= 0.6 is 0 Å². The van der Waals surface area contributed by atoms with Gasteiger partial charge in [-0.2, -0.15) is 0 Å². The summed E-state index contributed by atoms with van der Waals surface area (Å²) in [4.78, 5) is 25.9. The van der Waals surface area contributed by atoms with Crippen LogP contribution in [0.3, 0.4) is 0 Å². The average Bonchev–Trinajstić information content (AvgIpc) is 2.81. The fourth-order valence-electron chi connectivity index (χ4n) is 5.64. The maximum atomic E-state index is 13.3. The number of benzene rings is 2. The van der Waals surface area contributed by atoms with E-state index in [0.29, 0.717) is 17.4 Å². The highest BCUT2D eigenvalue weighted by Gasteiger charge is 2.32. The molecule has 2 amide bonds. The Hall–Kier alpha value is -2.16. The molecule has 27 heavy (non-hydrogen) atoms. The molecule has 0 saturated heterocycles. The zero-order chi connectivity index (χ0) is 18.4. The maximum Gasteiger partial charge on any atom is 0.258 e. The van der Waals surface area contributed by atoms with Gasteiger partial charge in [0.1, 0.15) is 0 Å². The molecule has 2 aromatic carbocycles. The average molecular weight is 361 g/mol. The van der Waals surface area contributed by atoms with Gasteiger partial charge < -0.3 is 0 Å². The summed E-state index contributed by atoms with van der Waals surface area (Å²) >= 11 is 0. The first-order chi connectivity index (χ1) is 13.2. The highest BCUT2D eigenvalue weighted by atomic mass is 16.2. The van der Waals surface area contributed by atoms with Crippen LogP contribution in [0.5, 0.6) is 0 Å². The van der Waals surface area contributed by atoms with Gasteiger partial charge >= 0.3 is 0 Å². The topological polar surface area (TPSA) is 46.2 Å². The number of carbonyl (C=O) groups excluding carboxylic acids is 2. The summed E-state index contributed by atoms with van der Waals surface area (Å²) in [5, 5.41) is 5.02. The third-order valence-electron chi connectivity index (χ3n) is 6.99. The molecular weight excluding hydrogens is 334 g/mol. The Kier molecular flexibility index (Phi) is 4.26. The lowest BCUT2D eigenvalue weighted by atomic mass is 9.74. The number of rotatable bonds is 2. The minimum Gasteiger partial charge on any atom is -0.288 e. The van der Waals surface area contributed by atoms with Gasteiger partial charge in [-0.25, -0.2) is 0 Å². The van der Waals surface area contributed by atoms with Gasteiger partial charge in [0.2, 0.25) is 0 Å². The molecule has 2 aromatic rings. The molecule has 2 saturated carbocycles. The van der Waals surface area contributed by atoms with Gasteiger partial charge in [0.05, 0.1) is 0 Å². The molecule has 3 nitrogen and oxygen atoms in total. The van der Waals surface area contributed by atoms with Crippen molar-refractivity contribution in [3.8, 4) is 0 Å². The molecular formula is C24H27NO2. The molecule has 2 fully saturated rings. The fraction of sp³-hybridized carbons (Fsp3) is 0.500. The number of carbonyl (C=O) groups is 2. The zero-order valence-electron chi connectivity index (χ0n) is 15.9. The summed E-state index contributed by atoms with van der Waals surface area (Å²) < 4.78 is 0. The molecule has 3 heterocycles. The molecule has 0 atom stereocenters. The van der Waals surface area contributed by atoms with Gasteiger partial charge in [-0.1, -0.05) is 50.7 Å². The molecule has 3 heteroatoms.